The molecule has 1 aliphatic heterocycles. The summed E-state index contributed by atoms with van der Waals surface area (Å²) in [6.07, 6.45) is 1.35. The maximum absolute atomic E-state index is 12.6. The van der Waals surface area contributed by atoms with Crippen LogP contribution in [0.2, 0.25) is 0 Å². The van der Waals surface area contributed by atoms with Gasteiger partial charge in [0.2, 0.25) is 5.91 Å². The van der Waals surface area contributed by atoms with Crippen LogP contribution in [-0.2, 0) is 9.59 Å². The fraction of sp³-hybridized carbons (Fsp3) is 0.391. The second-order valence-electron chi connectivity index (χ2n) is 7.51. The van der Waals surface area contributed by atoms with Gasteiger partial charge >= 0.3 is 0 Å². The first kappa shape index (κ1) is 19.9. The Balaban J connectivity index is 1.47. The van der Waals surface area contributed by atoms with E-state index in [0.717, 1.165) is 22.4 Å². The van der Waals surface area contributed by atoms with Crippen molar-refractivity contribution >= 4 is 17.5 Å². The molecular formula is C23H28N2O3. The predicted molar refractivity (Wildman–Crippen MR) is 111 cm³/mol. The van der Waals surface area contributed by atoms with Gasteiger partial charge in [0.05, 0.1) is 0 Å². The molecule has 148 valence electrons. The van der Waals surface area contributed by atoms with Crippen LogP contribution in [0.3, 0.4) is 0 Å². The van der Waals surface area contributed by atoms with E-state index in [9.17, 15) is 9.59 Å². The molecule has 2 amide bonds. The molecule has 0 atom stereocenters. The molecule has 5 heteroatoms. The number of nitrogens with one attached hydrogen (secondary N) is 1. The molecular weight excluding hydrogens is 352 g/mol. The van der Waals surface area contributed by atoms with E-state index >= 15 is 0 Å². The third kappa shape index (κ3) is 4.91. The van der Waals surface area contributed by atoms with Gasteiger partial charge in [-0.05, 0) is 56.9 Å². The van der Waals surface area contributed by atoms with Crippen LogP contribution in [0.1, 0.15) is 29.5 Å². The van der Waals surface area contributed by atoms with Crippen LogP contribution in [-0.4, -0.2) is 36.4 Å². The molecule has 0 spiro atoms. The summed E-state index contributed by atoms with van der Waals surface area (Å²) in [5.41, 5.74) is 4.18. The molecule has 28 heavy (non-hydrogen) atoms. The summed E-state index contributed by atoms with van der Waals surface area (Å²) in [5.74, 6) is 0.637. The minimum atomic E-state index is -0.0685. The average molecular weight is 380 g/mol. The Morgan fingerprint density at radius 1 is 1.00 bits per heavy atom. The Bertz CT molecular complexity index is 817. The van der Waals surface area contributed by atoms with Crippen molar-refractivity contribution in [2.75, 3.05) is 25.0 Å². The van der Waals surface area contributed by atoms with Gasteiger partial charge < -0.3 is 15.0 Å². The third-order valence-electron chi connectivity index (χ3n) is 5.33. The topological polar surface area (TPSA) is 58.6 Å². The molecule has 0 aromatic heterocycles. The van der Waals surface area contributed by atoms with Crippen molar-refractivity contribution in [3.05, 3.63) is 59.2 Å². The van der Waals surface area contributed by atoms with E-state index in [0.29, 0.717) is 31.7 Å². The summed E-state index contributed by atoms with van der Waals surface area (Å²) in [5, 5.41) is 3.08. The zero-order valence-electron chi connectivity index (χ0n) is 16.8. The Labute approximate surface area is 166 Å². The molecule has 0 radical (unpaired) electrons. The zero-order chi connectivity index (χ0) is 20.1. The van der Waals surface area contributed by atoms with Crippen molar-refractivity contribution in [2.24, 2.45) is 5.92 Å². The van der Waals surface area contributed by atoms with Gasteiger partial charge in [-0.3, -0.25) is 9.59 Å². The molecule has 2 aromatic rings. The predicted octanol–water partition coefficient (Wildman–Crippen LogP) is 3.87. The van der Waals surface area contributed by atoms with Crippen LogP contribution in [0.25, 0.3) is 0 Å². The maximum atomic E-state index is 12.6. The number of nitrogens with zero attached hydrogens (tertiary/aromatic N) is 1. The van der Waals surface area contributed by atoms with Crippen molar-refractivity contribution < 1.29 is 14.3 Å². The molecule has 1 heterocycles. The zero-order valence-corrected chi connectivity index (χ0v) is 16.8. The fourth-order valence-corrected chi connectivity index (χ4v) is 3.50. The Hall–Kier alpha value is -2.82. The Morgan fingerprint density at radius 2 is 1.61 bits per heavy atom. The van der Waals surface area contributed by atoms with Gasteiger partial charge in [-0.25, -0.2) is 0 Å². The second-order valence-corrected chi connectivity index (χ2v) is 7.51. The molecule has 1 aliphatic rings. The van der Waals surface area contributed by atoms with Crippen molar-refractivity contribution in [1.29, 1.82) is 0 Å². The molecule has 0 aliphatic carbocycles. The van der Waals surface area contributed by atoms with Crippen molar-refractivity contribution in [2.45, 2.75) is 33.6 Å². The highest BCUT2D eigenvalue weighted by Gasteiger charge is 2.28. The van der Waals surface area contributed by atoms with Gasteiger partial charge in [-0.15, -0.1) is 0 Å². The van der Waals surface area contributed by atoms with Crippen LogP contribution >= 0.6 is 0 Å². The van der Waals surface area contributed by atoms with E-state index in [1.807, 2.05) is 63.2 Å². The normalized spacial score (nSPS) is 14.6. The van der Waals surface area contributed by atoms with E-state index < -0.39 is 0 Å². The van der Waals surface area contributed by atoms with Crippen molar-refractivity contribution in [1.82, 2.24) is 4.90 Å². The number of hydrogen-bond donors (Lipinski definition) is 1. The number of benzene rings is 2. The number of carbonyl (C=O) groups is 2. The van der Waals surface area contributed by atoms with E-state index in [2.05, 4.69) is 5.32 Å². The maximum Gasteiger partial charge on any atom is 0.260 e. The van der Waals surface area contributed by atoms with E-state index in [1.54, 1.807) is 4.90 Å². The lowest BCUT2D eigenvalue weighted by Gasteiger charge is -2.31. The average Bonchev–Trinajstić information content (AvgIpc) is 2.70. The van der Waals surface area contributed by atoms with Gasteiger partial charge in [-0.2, -0.15) is 0 Å². The SMILES string of the molecule is Cc1ccc(OCC(=O)N2CCC(C(=O)Nc3c(C)cccc3C)CC2)cc1. The third-order valence-corrected chi connectivity index (χ3v) is 5.33. The van der Waals surface area contributed by atoms with Crippen LogP contribution in [0, 0.1) is 26.7 Å². The molecule has 5 nitrogen and oxygen atoms in total. The highest BCUT2D eigenvalue weighted by molar-refractivity contribution is 5.94. The molecule has 0 bridgehead atoms. The van der Waals surface area contributed by atoms with Gasteiger partial charge in [0, 0.05) is 24.7 Å². The summed E-state index contributed by atoms with van der Waals surface area (Å²) >= 11 is 0. The second kappa shape index (κ2) is 8.91. The smallest absolute Gasteiger partial charge is 0.260 e. The minimum Gasteiger partial charge on any atom is -0.484 e. The molecule has 1 saturated heterocycles. The molecule has 0 unspecified atom stereocenters. The summed E-state index contributed by atoms with van der Waals surface area (Å²) in [7, 11) is 0. The summed E-state index contributed by atoms with van der Waals surface area (Å²) in [4.78, 5) is 26.8. The van der Waals surface area contributed by atoms with Gasteiger partial charge in [0.15, 0.2) is 6.61 Å². The number of aryl methyl sites for hydroxylation is 3. The highest BCUT2D eigenvalue weighted by atomic mass is 16.5. The standard InChI is InChI=1S/C23H28N2O3/c1-16-7-9-20(10-8-16)28-15-21(26)25-13-11-19(12-14-25)23(27)24-22-17(2)5-4-6-18(22)3/h4-10,19H,11-15H2,1-3H3,(H,24,27). The molecule has 2 aromatic carbocycles. The largest absolute Gasteiger partial charge is 0.484 e. The monoisotopic (exact) mass is 380 g/mol. The summed E-state index contributed by atoms with van der Waals surface area (Å²) in [6.45, 7) is 7.20. The van der Waals surface area contributed by atoms with Crippen LogP contribution in [0.4, 0.5) is 5.69 Å². The van der Waals surface area contributed by atoms with Gasteiger partial charge in [0.25, 0.3) is 5.91 Å². The Morgan fingerprint density at radius 3 is 2.21 bits per heavy atom. The van der Waals surface area contributed by atoms with Crippen LogP contribution in [0.15, 0.2) is 42.5 Å². The van der Waals surface area contributed by atoms with Crippen molar-refractivity contribution in [3.8, 4) is 5.75 Å². The lowest BCUT2D eigenvalue weighted by atomic mass is 9.95. The van der Waals surface area contributed by atoms with E-state index in [-0.39, 0.29) is 24.3 Å². The number of carbonyl (C=O) groups excluding carboxylic acids is 2. The minimum absolute atomic E-state index is 0.0301. The van der Waals surface area contributed by atoms with Crippen molar-refractivity contribution in [3.63, 3.8) is 0 Å². The van der Waals surface area contributed by atoms with Crippen LogP contribution in [0.5, 0.6) is 5.75 Å². The van der Waals surface area contributed by atoms with Gasteiger partial charge in [0.1, 0.15) is 5.75 Å². The van der Waals surface area contributed by atoms with Gasteiger partial charge in [-0.1, -0.05) is 35.9 Å². The lowest BCUT2D eigenvalue weighted by molar-refractivity contribution is -0.136. The molecule has 1 N–H and O–H groups in total. The number of likely N-dealkylation sites (tertiary alicyclic amines) is 1. The van der Waals surface area contributed by atoms with Crippen LogP contribution < -0.4 is 10.1 Å². The van der Waals surface area contributed by atoms with E-state index in [1.165, 1.54) is 0 Å². The number of para-hydroxylation sites is 1. The summed E-state index contributed by atoms with van der Waals surface area (Å²) in [6, 6.07) is 13.6. The first-order chi connectivity index (χ1) is 13.4. The quantitative estimate of drug-likeness (QED) is 0.857. The number of ether oxygens (including phenoxy) is 1. The number of piperidine rings is 1. The van der Waals surface area contributed by atoms with E-state index in [4.69, 9.17) is 4.74 Å². The first-order valence-electron chi connectivity index (χ1n) is 9.78. The Kier molecular flexibility index (Phi) is 6.34. The highest BCUT2D eigenvalue weighted by Crippen LogP contribution is 2.24. The molecule has 3 rings (SSSR count). The molecule has 0 saturated carbocycles. The number of amides is 2. The molecule has 1 fully saturated rings. The first-order valence-corrected chi connectivity index (χ1v) is 9.78. The number of anilines is 1. The number of hydrogen-bond acceptors (Lipinski definition) is 3. The lowest BCUT2D eigenvalue weighted by Crippen LogP contribution is -2.43. The fourth-order valence-electron chi connectivity index (χ4n) is 3.50. The number of rotatable bonds is 5. The summed E-state index contributed by atoms with van der Waals surface area (Å²) < 4.78 is 5.59.